The van der Waals surface area contributed by atoms with E-state index >= 15 is 0 Å². The monoisotopic (exact) mass is 645 g/mol. The largest absolute Gasteiger partial charge is 0.399 e. The molecule has 0 aliphatic carbocycles. The van der Waals surface area contributed by atoms with Gasteiger partial charge in [0.25, 0.3) is 5.91 Å². The second-order valence-corrected chi connectivity index (χ2v) is 14.3. The number of alkyl halides is 2. The summed E-state index contributed by atoms with van der Waals surface area (Å²) in [5.41, 5.74) is -4.65. The molecule has 2 saturated heterocycles. The Bertz CT molecular complexity index is 1630. The van der Waals surface area contributed by atoms with E-state index in [1.165, 1.54) is 12.1 Å². The first-order valence-corrected chi connectivity index (χ1v) is 16.5. The maximum Gasteiger partial charge on any atom is 0.399 e. The lowest BCUT2D eigenvalue weighted by Crippen LogP contribution is -2.59. The minimum Gasteiger partial charge on any atom is -0.368 e. The Labute approximate surface area is 259 Å². The highest BCUT2D eigenvalue weighted by molar-refractivity contribution is 7.52. The number of benzene rings is 2. The van der Waals surface area contributed by atoms with Crippen molar-refractivity contribution in [3.8, 4) is 0 Å². The molecular weight excluding hydrogens is 607 g/mol. The average molecular weight is 646 g/mol. The van der Waals surface area contributed by atoms with Crippen LogP contribution in [0, 0.1) is 5.41 Å². The van der Waals surface area contributed by atoms with Crippen molar-refractivity contribution in [2.24, 2.45) is 5.41 Å². The molecule has 0 spiro atoms. The van der Waals surface area contributed by atoms with Crippen LogP contribution >= 0.6 is 7.60 Å². The summed E-state index contributed by atoms with van der Waals surface area (Å²) < 4.78 is 39.9. The highest BCUT2D eigenvalue weighted by atomic mass is 31.2. The maximum absolute atomic E-state index is 14.3. The quantitative estimate of drug-likeness (QED) is 0.286. The summed E-state index contributed by atoms with van der Waals surface area (Å²) in [5.74, 6) is -1.15. The van der Waals surface area contributed by atoms with Gasteiger partial charge in [-0.3, -0.25) is 18.9 Å². The zero-order valence-electron chi connectivity index (χ0n) is 25.4. The lowest BCUT2D eigenvalue weighted by atomic mass is 9.85. The molecule has 5 rings (SSSR count). The first-order chi connectivity index (χ1) is 21.1. The van der Waals surface area contributed by atoms with Crippen LogP contribution in [0.1, 0.15) is 49.7 Å². The lowest BCUT2D eigenvalue weighted by molar-refractivity contribution is -0.146. The molecule has 45 heavy (non-hydrogen) atoms. The van der Waals surface area contributed by atoms with Crippen LogP contribution in [-0.2, 0) is 19.8 Å². The van der Waals surface area contributed by atoms with Crippen LogP contribution < -0.4 is 10.2 Å². The standard InChI is InChI=1S/C31H38F2N5O6P/c1-30(2,3)26(35-27(39)24-19-20-18-21(11-12-23(20)34-24)31(32,33)45(42,43)44)29(41)38-13-7-10-25(38)28(40)37-16-14-36(15-17-37)22-8-5-4-6-9-22/h4-6,8-9,11-12,18-19,25-26,34H,7,10,13-17H2,1-3H3,(H,35,39)(H2,42,43,44)/t25-,26?/m0/s1. The third kappa shape index (κ3) is 6.61. The first-order valence-electron chi connectivity index (χ1n) is 14.8. The maximum atomic E-state index is 14.3. The molecule has 2 atom stereocenters. The summed E-state index contributed by atoms with van der Waals surface area (Å²) in [6, 6.07) is 12.6. The molecule has 3 heterocycles. The van der Waals surface area contributed by atoms with E-state index in [9.17, 15) is 27.7 Å². The second kappa shape index (κ2) is 12.2. The van der Waals surface area contributed by atoms with E-state index in [0.29, 0.717) is 51.1 Å². The van der Waals surface area contributed by atoms with Gasteiger partial charge in [0.2, 0.25) is 11.8 Å². The fourth-order valence-corrected chi connectivity index (χ4v) is 6.43. The number of piperazine rings is 1. The average Bonchev–Trinajstić information content (AvgIpc) is 3.66. The van der Waals surface area contributed by atoms with Gasteiger partial charge < -0.3 is 34.8 Å². The molecule has 1 unspecified atom stereocenters. The van der Waals surface area contributed by atoms with Gasteiger partial charge in [0.05, 0.1) is 0 Å². The highest BCUT2D eigenvalue weighted by Gasteiger charge is 2.50. The highest BCUT2D eigenvalue weighted by Crippen LogP contribution is 2.59. The van der Waals surface area contributed by atoms with Gasteiger partial charge in [0, 0.05) is 54.9 Å². The van der Waals surface area contributed by atoms with E-state index in [4.69, 9.17) is 9.79 Å². The molecule has 0 radical (unpaired) electrons. The van der Waals surface area contributed by atoms with Crippen molar-refractivity contribution in [1.29, 1.82) is 0 Å². The number of amides is 3. The Morgan fingerprint density at radius 2 is 1.64 bits per heavy atom. The molecule has 0 bridgehead atoms. The normalized spacial score (nSPS) is 18.7. The number of para-hydroxylation sites is 1. The number of fused-ring (bicyclic) bond motifs is 1. The predicted octanol–water partition coefficient (Wildman–Crippen LogP) is 3.88. The summed E-state index contributed by atoms with van der Waals surface area (Å²) in [7, 11) is -5.77. The molecule has 0 saturated carbocycles. The second-order valence-electron chi connectivity index (χ2n) is 12.7. The van der Waals surface area contributed by atoms with Crippen molar-refractivity contribution in [1.82, 2.24) is 20.1 Å². The van der Waals surface area contributed by atoms with Gasteiger partial charge in [0.1, 0.15) is 17.8 Å². The van der Waals surface area contributed by atoms with E-state index in [-0.39, 0.29) is 22.9 Å². The SMILES string of the molecule is CC(C)(C)C(NC(=O)c1cc2cc(C(F)(F)P(=O)(O)O)ccc2[nH]1)C(=O)N1CCC[C@H]1C(=O)N1CCN(c2ccccc2)CC1. The molecule has 3 amide bonds. The van der Waals surface area contributed by atoms with Gasteiger partial charge in [-0.05, 0) is 48.6 Å². The van der Waals surface area contributed by atoms with E-state index in [1.807, 2.05) is 30.3 Å². The van der Waals surface area contributed by atoms with Gasteiger partial charge >= 0.3 is 13.3 Å². The predicted molar refractivity (Wildman–Crippen MR) is 165 cm³/mol. The molecule has 14 heteroatoms. The summed E-state index contributed by atoms with van der Waals surface area (Å²) in [4.78, 5) is 67.6. The molecular formula is C31H38F2N5O6P. The number of hydrogen-bond donors (Lipinski definition) is 4. The molecule has 242 valence electrons. The summed E-state index contributed by atoms with van der Waals surface area (Å²) in [6.07, 6.45) is 1.18. The fraction of sp³-hybridized carbons (Fsp3) is 0.452. The van der Waals surface area contributed by atoms with Gasteiger partial charge in [-0.2, -0.15) is 8.78 Å². The fourth-order valence-electron chi connectivity index (χ4n) is 5.96. The van der Waals surface area contributed by atoms with Crippen LogP contribution in [-0.4, -0.2) is 87.1 Å². The van der Waals surface area contributed by atoms with E-state index < -0.39 is 42.2 Å². The minimum absolute atomic E-state index is 0.0194. The van der Waals surface area contributed by atoms with Gasteiger partial charge in [0.15, 0.2) is 0 Å². The number of aromatic nitrogens is 1. The Morgan fingerprint density at radius 3 is 2.27 bits per heavy atom. The topological polar surface area (TPSA) is 146 Å². The Hall–Kier alpha value is -3.80. The number of anilines is 1. The van der Waals surface area contributed by atoms with Crippen LogP contribution in [0.15, 0.2) is 54.6 Å². The number of aromatic amines is 1. The number of carbonyl (C=O) groups is 3. The van der Waals surface area contributed by atoms with Crippen LogP contribution in [0.3, 0.4) is 0 Å². The molecule has 2 fully saturated rings. The number of halogens is 2. The van der Waals surface area contributed by atoms with Crippen molar-refractivity contribution < 1.29 is 37.5 Å². The Morgan fingerprint density at radius 1 is 0.978 bits per heavy atom. The lowest BCUT2D eigenvalue weighted by Gasteiger charge is -2.39. The van der Waals surface area contributed by atoms with Crippen LogP contribution in [0.25, 0.3) is 10.9 Å². The number of likely N-dealkylation sites (tertiary alicyclic amines) is 1. The first kappa shape index (κ1) is 32.6. The summed E-state index contributed by atoms with van der Waals surface area (Å²) >= 11 is 0. The number of nitrogens with zero attached hydrogens (tertiary/aromatic N) is 3. The van der Waals surface area contributed by atoms with E-state index in [2.05, 4.69) is 15.2 Å². The van der Waals surface area contributed by atoms with Gasteiger partial charge in [-0.15, -0.1) is 0 Å². The number of H-pyrrole nitrogens is 1. The number of rotatable bonds is 7. The van der Waals surface area contributed by atoms with E-state index in [1.54, 1.807) is 30.6 Å². The molecule has 4 N–H and O–H groups in total. The Kier molecular flexibility index (Phi) is 8.82. The van der Waals surface area contributed by atoms with Crippen molar-refractivity contribution in [2.45, 2.75) is 51.4 Å². The molecule has 1 aromatic heterocycles. The molecule has 2 aliphatic rings. The van der Waals surface area contributed by atoms with Crippen molar-refractivity contribution in [3.05, 3.63) is 65.9 Å². The third-order valence-electron chi connectivity index (χ3n) is 8.50. The summed E-state index contributed by atoms with van der Waals surface area (Å²) in [5, 5.41) is 2.92. The van der Waals surface area contributed by atoms with Crippen LogP contribution in [0.2, 0.25) is 0 Å². The minimum atomic E-state index is -5.77. The smallest absolute Gasteiger partial charge is 0.368 e. The summed E-state index contributed by atoms with van der Waals surface area (Å²) in [6.45, 7) is 8.21. The van der Waals surface area contributed by atoms with Crippen molar-refractivity contribution in [3.63, 3.8) is 0 Å². The van der Waals surface area contributed by atoms with Crippen molar-refractivity contribution >= 4 is 41.9 Å². The molecule has 2 aromatic carbocycles. The van der Waals surface area contributed by atoms with Crippen LogP contribution in [0.5, 0.6) is 0 Å². The third-order valence-corrected chi connectivity index (χ3v) is 9.49. The molecule has 2 aliphatic heterocycles. The Balaban J connectivity index is 1.29. The zero-order chi connectivity index (χ0) is 32.7. The van der Waals surface area contributed by atoms with Crippen LogP contribution in [0.4, 0.5) is 14.5 Å². The number of hydrogen-bond acceptors (Lipinski definition) is 5. The molecule has 11 nitrogen and oxygen atoms in total. The van der Waals surface area contributed by atoms with Gasteiger partial charge in [-0.1, -0.05) is 45.0 Å². The van der Waals surface area contributed by atoms with Crippen molar-refractivity contribution in [2.75, 3.05) is 37.6 Å². The zero-order valence-corrected chi connectivity index (χ0v) is 26.3. The molecule has 3 aromatic rings. The number of carbonyl (C=O) groups excluding carboxylic acids is 3. The number of nitrogens with one attached hydrogen (secondary N) is 2. The van der Waals surface area contributed by atoms with Gasteiger partial charge in [-0.25, -0.2) is 0 Å². The van der Waals surface area contributed by atoms with E-state index in [0.717, 1.165) is 17.8 Å².